The molecule has 0 aromatic heterocycles. The third-order valence-corrected chi connectivity index (χ3v) is 9.70. The topological polar surface area (TPSA) is 66.4 Å². The molecule has 254 valence electrons. The van der Waals surface area contributed by atoms with Gasteiger partial charge in [-0.15, -0.1) is 13.2 Å². The Bertz CT molecular complexity index is 1680. The second-order valence-electron chi connectivity index (χ2n) is 12.9. The van der Waals surface area contributed by atoms with Gasteiger partial charge in [0.1, 0.15) is 17.5 Å². The Morgan fingerprint density at radius 1 is 0.833 bits per heavy atom. The maximum atomic E-state index is 12.7. The first-order chi connectivity index (χ1) is 22.8. The largest absolute Gasteiger partial charge is 0.573 e. The fourth-order valence-electron chi connectivity index (χ4n) is 6.74. The predicted octanol–water partition coefficient (Wildman–Crippen LogP) is 8.36. The van der Waals surface area contributed by atoms with Gasteiger partial charge in [-0.1, -0.05) is 97.4 Å². The molecule has 2 aliphatic rings. The van der Waals surface area contributed by atoms with Crippen LogP contribution in [0.1, 0.15) is 48.6 Å². The Hall–Kier alpha value is -3.44. The van der Waals surface area contributed by atoms with Gasteiger partial charge in [-0.2, -0.15) is 0 Å². The fraction of sp³-hybridized carbons (Fsp3) is 0.368. The lowest BCUT2D eigenvalue weighted by Crippen LogP contribution is -2.68. The number of alkyl halides is 3. The van der Waals surface area contributed by atoms with Crippen molar-refractivity contribution in [2.75, 3.05) is 6.61 Å². The van der Waals surface area contributed by atoms with E-state index < -0.39 is 35.6 Å². The molecule has 2 fully saturated rings. The van der Waals surface area contributed by atoms with E-state index in [1.807, 2.05) is 79.7 Å². The molecule has 48 heavy (non-hydrogen) atoms. The van der Waals surface area contributed by atoms with Crippen LogP contribution in [0.2, 0.25) is 5.02 Å². The van der Waals surface area contributed by atoms with Crippen LogP contribution in [0, 0.1) is 5.92 Å². The van der Waals surface area contributed by atoms with Crippen molar-refractivity contribution in [2.24, 2.45) is 5.92 Å². The van der Waals surface area contributed by atoms with Crippen molar-refractivity contribution in [2.45, 2.75) is 76.0 Å². The minimum atomic E-state index is -4.78. The van der Waals surface area contributed by atoms with E-state index in [4.69, 9.17) is 30.5 Å². The summed E-state index contributed by atoms with van der Waals surface area (Å²) < 4.78 is 69.3. The summed E-state index contributed by atoms with van der Waals surface area (Å²) in [7, 11) is 0. The Kier molecular flexibility index (Phi) is 9.65. The van der Waals surface area contributed by atoms with Crippen molar-refractivity contribution in [3.8, 4) is 5.75 Å². The minimum absolute atomic E-state index is 0.0761. The quantitative estimate of drug-likeness (QED) is 0.172. The number of ether oxygens (including phenoxy) is 5. The van der Waals surface area contributed by atoms with Crippen LogP contribution in [0.25, 0.3) is 0 Å². The molecule has 5 atom stereocenters. The summed E-state index contributed by atoms with van der Waals surface area (Å²) in [5.41, 5.74) is 1.48. The van der Waals surface area contributed by atoms with Gasteiger partial charge < -0.3 is 28.8 Å². The van der Waals surface area contributed by atoms with Crippen LogP contribution in [0.5, 0.6) is 5.75 Å². The molecule has 2 bridgehead atoms. The van der Waals surface area contributed by atoms with Crippen molar-refractivity contribution in [1.29, 1.82) is 0 Å². The van der Waals surface area contributed by atoms with E-state index in [1.54, 1.807) is 32.0 Å². The molecule has 1 N–H and O–H groups in total. The average Bonchev–Trinajstić information content (AvgIpc) is 3.44. The molecular formula is C38H38ClF3O6. The standard InChI is InChI=1S/C38H38ClF3O6/c1-25-33(44-22-27-10-6-4-7-11-27)34(45-23-28-12-8-5-9-13-28)37(46-24-36(25,48-37)35(2,3)43)30-16-19-32(39)29(21-30)20-26-14-17-31(18-15-26)47-38(40,41)42/h4-19,21,25,33-34,43H,20,22-24H2,1-3H3/t25-,33-,34+,36-,37-/m0/s1. The molecule has 6 rings (SSSR count). The van der Waals surface area contributed by atoms with Crippen LogP contribution >= 0.6 is 11.6 Å². The number of halogens is 4. The van der Waals surface area contributed by atoms with Gasteiger partial charge in [0.05, 0.1) is 31.5 Å². The maximum Gasteiger partial charge on any atom is 0.573 e. The molecule has 0 spiro atoms. The zero-order valence-corrected chi connectivity index (χ0v) is 27.6. The molecule has 0 aliphatic carbocycles. The summed E-state index contributed by atoms with van der Waals surface area (Å²) in [6, 6.07) is 30.7. The average molecular weight is 683 g/mol. The van der Waals surface area contributed by atoms with Crippen molar-refractivity contribution < 1.29 is 42.0 Å². The number of benzene rings is 4. The molecule has 0 amide bonds. The summed E-state index contributed by atoms with van der Waals surface area (Å²) in [6.45, 7) is 6.04. The van der Waals surface area contributed by atoms with E-state index in [9.17, 15) is 18.3 Å². The van der Waals surface area contributed by atoms with Gasteiger partial charge >= 0.3 is 6.36 Å². The molecule has 0 unspecified atom stereocenters. The van der Waals surface area contributed by atoms with Crippen molar-refractivity contribution in [3.05, 3.63) is 136 Å². The first kappa shape index (κ1) is 34.4. The highest BCUT2D eigenvalue weighted by Gasteiger charge is 2.71. The number of aliphatic hydroxyl groups is 1. The lowest BCUT2D eigenvalue weighted by atomic mass is 9.70. The van der Waals surface area contributed by atoms with Gasteiger partial charge in [-0.25, -0.2) is 0 Å². The highest BCUT2D eigenvalue weighted by atomic mass is 35.5. The second kappa shape index (κ2) is 13.5. The first-order valence-electron chi connectivity index (χ1n) is 15.8. The molecule has 0 radical (unpaired) electrons. The Morgan fingerprint density at radius 3 is 2.02 bits per heavy atom. The van der Waals surface area contributed by atoms with Gasteiger partial charge in [0.15, 0.2) is 0 Å². The van der Waals surface area contributed by atoms with Gasteiger partial charge in [0, 0.05) is 16.5 Å². The van der Waals surface area contributed by atoms with Crippen molar-refractivity contribution in [3.63, 3.8) is 0 Å². The number of hydrogen-bond donors (Lipinski definition) is 1. The summed E-state index contributed by atoms with van der Waals surface area (Å²) in [5.74, 6) is -2.16. The molecular weight excluding hydrogens is 645 g/mol. The summed E-state index contributed by atoms with van der Waals surface area (Å²) in [6.07, 6.45) is -5.82. The normalized spacial score (nSPS) is 25.6. The van der Waals surface area contributed by atoms with E-state index in [2.05, 4.69) is 4.74 Å². The van der Waals surface area contributed by atoms with E-state index in [0.29, 0.717) is 29.2 Å². The smallest absolute Gasteiger partial charge is 0.406 e. The van der Waals surface area contributed by atoms with E-state index in [1.165, 1.54) is 12.1 Å². The Balaban J connectivity index is 1.39. The number of hydrogen-bond acceptors (Lipinski definition) is 6. The van der Waals surface area contributed by atoms with Gasteiger partial charge in [-0.05, 0) is 66.8 Å². The number of fused-ring (bicyclic) bond motifs is 2. The molecule has 10 heteroatoms. The lowest BCUT2D eigenvalue weighted by molar-refractivity contribution is -0.352. The van der Waals surface area contributed by atoms with Crippen molar-refractivity contribution in [1.82, 2.24) is 0 Å². The van der Waals surface area contributed by atoms with Crippen molar-refractivity contribution >= 4 is 11.6 Å². The van der Waals surface area contributed by atoms with E-state index >= 15 is 0 Å². The maximum absolute atomic E-state index is 12.7. The molecule has 4 aromatic rings. The first-order valence-corrected chi connectivity index (χ1v) is 16.2. The molecule has 6 nitrogen and oxygen atoms in total. The molecule has 0 saturated carbocycles. The van der Waals surface area contributed by atoms with Gasteiger partial charge in [0.2, 0.25) is 5.79 Å². The molecule has 2 heterocycles. The van der Waals surface area contributed by atoms with Crippen LogP contribution in [0.3, 0.4) is 0 Å². The predicted molar refractivity (Wildman–Crippen MR) is 174 cm³/mol. The molecule has 4 aromatic carbocycles. The van der Waals surface area contributed by atoms with Crippen LogP contribution in [0.15, 0.2) is 103 Å². The summed E-state index contributed by atoms with van der Waals surface area (Å²) >= 11 is 6.70. The third-order valence-electron chi connectivity index (χ3n) is 9.33. The molecule has 2 aliphatic heterocycles. The van der Waals surface area contributed by atoms with Crippen LogP contribution in [0.4, 0.5) is 13.2 Å². The zero-order valence-electron chi connectivity index (χ0n) is 26.9. The third kappa shape index (κ3) is 6.99. The minimum Gasteiger partial charge on any atom is -0.406 e. The SMILES string of the molecule is C[C@H]1[C@H](OCc2ccccc2)[C@@H](OCc2ccccc2)[C@@]2(c3ccc(Cl)c(Cc4ccc(OC(F)(F)F)cc4)c3)OC[C@]1(C(C)(C)O)O2. The lowest BCUT2D eigenvalue weighted by Gasteiger charge is -2.54. The van der Waals surface area contributed by atoms with Gasteiger partial charge in [0.25, 0.3) is 0 Å². The Labute approximate surface area is 283 Å². The van der Waals surface area contributed by atoms with E-state index in [-0.39, 0.29) is 24.9 Å². The number of rotatable bonds is 11. The van der Waals surface area contributed by atoms with Crippen LogP contribution < -0.4 is 4.74 Å². The monoisotopic (exact) mass is 682 g/mol. The Morgan fingerprint density at radius 2 is 1.44 bits per heavy atom. The van der Waals surface area contributed by atoms with Crippen LogP contribution in [-0.2, 0) is 44.4 Å². The van der Waals surface area contributed by atoms with Gasteiger partial charge in [-0.3, -0.25) is 0 Å². The second-order valence-corrected chi connectivity index (χ2v) is 13.4. The zero-order chi connectivity index (χ0) is 34.2. The fourth-order valence-corrected chi connectivity index (χ4v) is 6.92. The van der Waals surface area contributed by atoms with E-state index in [0.717, 1.165) is 16.7 Å². The highest BCUT2D eigenvalue weighted by Crippen LogP contribution is 2.57. The summed E-state index contributed by atoms with van der Waals surface area (Å²) in [4.78, 5) is 0. The van der Waals surface area contributed by atoms with Crippen LogP contribution in [-0.4, -0.2) is 41.5 Å². The summed E-state index contributed by atoms with van der Waals surface area (Å²) in [5, 5.41) is 12.1. The highest BCUT2D eigenvalue weighted by molar-refractivity contribution is 6.31. The molecule has 2 saturated heterocycles.